The third-order valence-corrected chi connectivity index (χ3v) is 2.31. The van der Waals surface area contributed by atoms with Gasteiger partial charge in [-0.25, -0.2) is 4.98 Å². The van der Waals surface area contributed by atoms with Crippen LogP contribution in [0.5, 0.6) is 0 Å². The zero-order chi connectivity index (χ0) is 11.5. The van der Waals surface area contributed by atoms with Crippen LogP contribution < -0.4 is 5.73 Å². The first-order valence-electron chi connectivity index (χ1n) is 4.97. The van der Waals surface area contributed by atoms with Crippen LogP contribution in [0.4, 0.5) is 0 Å². The van der Waals surface area contributed by atoms with Gasteiger partial charge in [0.2, 0.25) is 5.78 Å². The average Bonchev–Trinajstić information content (AvgIpc) is 2.87. The van der Waals surface area contributed by atoms with Crippen molar-refractivity contribution < 1.29 is 4.79 Å². The van der Waals surface area contributed by atoms with E-state index in [0.717, 1.165) is 0 Å². The van der Waals surface area contributed by atoms with Crippen molar-refractivity contribution in [3.8, 4) is 0 Å². The second-order valence-electron chi connectivity index (χ2n) is 3.45. The maximum atomic E-state index is 12.0. The summed E-state index contributed by atoms with van der Waals surface area (Å²) in [4.78, 5) is 16.0. The molecule has 84 valence electrons. The first kappa shape index (κ1) is 10.6. The van der Waals surface area contributed by atoms with Crippen LogP contribution in [0.2, 0.25) is 0 Å². The van der Waals surface area contributed by atoms with Crippen LogP contribution in [0.25, 0.3) is 0 Å². The third kappa shape index (κ3) is 1.87. The lowest BCUT2D eigenvalue weighted by Gasteiger charge is -1.98. The van der Waals surface area contributed by atoms with Crippen molar-refractivity contribution in [3.63, 3.8) is 0 Å². The van der Waals surface area contributed by atoms with Crippen LogP contribution in [0.3, 0.4) is 0 Å². The van der Waals surface area contributed by atoms with Crippen molar-refractivity contribution in [2.75, 3.05) is 6.54 Å². The number of aromatic nitrogens is 4. The van der Waals surface area contributed by atoms with Gasteiger partial charge in [-0.1, -0.05) is 0 Å². The average molecular weight is 219 g/mol. The maximum Gasteiger partial charge on any atom is 0.230 e. The molecule has 2 rings (SSSR count). The van der Waals surface area contributed by atoms with E-state index >= 15 is 0 Å². The Bertz CT molecular complexity index is 499. The van der Waals surface area contributed by atoms with Gasteiger partial charge in [0.15, 0.2) is 0 Å². The molecular weight excluding hydrogens is 206 g/mol. The predicted molar refractivity (Wildman–Crippen MR) is 57.9 cm³/mol. The molecule has 0 aliphatic rings. The molecule has 0 unspecified atom stereocenters. The summed E-state index contributed by atoms with van der Waals surface area (Å²) in [5, 5.41) is 3.95. The standard InChI is InChI=1S/C10H13N5O/c1-14-9(2-4-13-14)10(16)8-6-15(5-3-11)7-12-8/h2,4,6-7H,3,5,11H2,1H3. The molecule has 0 radical (unpaired) electrons. The van der Waals surface area contributed by atoms with E-state index in [-0.39, 0.29) is 5.78 Å². The lowest BCUT2D eigenvalue weighted by molar-refractivity contribution is 0.102. The van der Waals surface area contributed by atoms with Gasteiger partial charge in [0.1, 0.15) is 11.4 Å². The molecule has 6 heteroatoms. The highest BCUT2D eigenvalue weighted by Gasteiger charge is 2.15. The summed E-state index contributed by atoms with van der Waals surface area (Å²) in [7, 11) is 1.73. The molecule has 0 saturated carbocycles. The second-order valence-corrected chi connectivity index (χ2v) is 3.45. The number of carbonyl (C=O) groups excluding carboxylic acids is 1. The Balaban J connectivity index is 2.24. The van der Waals surface area contributed by atoms with Gasteiger partial charge in [-0.3, -0.25) is 9.48 Å². The first-order chi connectivity index (χ1) is 7.72. The van der Waals surface area contributed by atoms with E-state index in [9.17, 15) is 4.79 Å². The minimum absolute atomic E-state index is 0.129. The normalized spacial score (nSPS) is 10.6. The summed E-state index contributed by atoms with van der Waals surface area (Å²) in [5.41, 5.74) is 6.36. The molecule has 2 N–H and O–H groups in total. The van der Waals surface area contributed by atoms with Crippen LogP contribution in [-0.2, 0) is 13.6 Å². The highest BCUT2D eigenvalue weighted by Crippen LogP contribution is 2.06. The topological polar surface area (TPSA) is 78.7 Å². The Morgan fingerprint density at radius 3 is 3.00 bits per heavy atom. The zero-order valence-corrected chi connectivity index (χ0v) is 9.00. The maximum absolute atomic E-state index is 12.0. The van der Waals surface area contributed by atoms with Crippen LogP contribution in [0, 0.1) is 0 Å². The smallest absolute Gasteiger partial charge is 0.230 e. The third-order valence-electron chi connectivity index (χ3n) is 2.31. The summed E-state index contributed by atoms with van der Waals surface area (Å²) in [6, 6.07) is 1.67. The van der Waals surface area contributed by atoms with Gasteiger partial charge in [-0.15, -0.1) is 0 Å². The SMILES string of the molecule is Cn1nccc1C(=O)c1cn(CCN)cn1. The van der Waals surface area contributed by atoms with Gasteiger partial charge in [0, 0.05) is 32.5 Å². The summed E-state index contributed by atoms with van der Waals surface area (Å²) >= 11 is 0. The monoisotopic (exact) mass is 219 g/mol. The Kier molecular flexibility index (Phi) is 2.82. The number of imidazole rings is 1. The Morgan fingerprint density at radius 1 is 1.56 bits per heavy atom. The second kappa shape index (κ2) is 4.28. The minimum atomic E-state index is -0.129. The number of hydrogen-bond donors (Lipinski definition) is 1. The van der Waals surface area contributed by atoms with Crippen molar-refractivity contribution in [2.45, 2.75) is 6.54 Å². The van der Waals surface area contributed by atoms with Gasteiger partial charge >= 0.3 is 0 Å². The van der Waals surface area contributed by atoms with E-state index in [2.05, 4.69) is 10.1 Å². The molecule has 0 amide bonds. The molecule has 2 aromatic rings. The number of nitrogens with two attached hydrogens (primary N) is 1. The predicted octanol–water partition coefficient (Wildman–Crippen LogP) is -0.194. The van der Waals surface area contributed by atoms with E-state index in [1.807, 2.05) is 0 Å². The molecule has 0 aromatic carbocycles. The quantitative estimate of drug-likeness (QED) is 0.723. The number of nitrogens with zero attached hydrogens (tertiary/aromatic N) is 4. The lowest BCUT2D eigenvalue weighted by Crippen LogP contribution is -2.09. The molecule has 0 atom stereocenters. The van der Waals surface area contributed by atoms with E-state index in [0.29, 0.717) is 24.5 Å². The minimum Gasteiger partial charge on any atom is -0.335 e. The van der Waals surface area contributed by atoms with Gasteiger partial charge in [-0.05, 0) is 6.07 Å². The molecule has 0 aliphatic heterocycles. The van der Waals surface area contributed by atoms with Gasteiger partial charge in [-0.2, -0.15) is 5.10 Å². The number of hydrogen-bond acceptors (Lipinski definition) is 4. The van der Waals surface area contributed by atoms with Crippen LogP contribution in [-0.4, -0.2) is 31.7 Å². The van der Waals surface area contributed by atoms with E-state index in [1.54, 1.807) is 36.4 Å². The van der Waals surface area contributed by atoms with Crippen LogP contribution in [0.1, 0.15) is 16.2 Å². The van der Waals surface area contributed by atoms with Crippen molar-refractivity contribution in [3.05, 3.63) is 36.2 Å². The number of rotatable bonds is 4. The fourth-order valence-corrected chi connectivity index (χ4v) is 1.48. The first-order valence-corrected chi connectivity index (χ1v) is 4.97. The largest absolute Gasteiger partial charge is 0.335 e. The summed E-state index contributed by atoms with van der Waals surface area (Å²) in [6.45, 7) is 1.18. The van der Waals surface area contributed by atoms with Crippen molar-refractivity contribution >= 4 is 5.78 Å². The van der Waals surface area contributed by atoms with Crippen molar-refractivity contribution in [1.82, 2.24) is 19.3 Å². The number of carbonyl (C=O) groups is 1. The molecule has 0 saturated heterocycles. The Hall–Kier alpha value is -1.95. The highest BCUT2D eigenvalue weighted by molar-refractivity contribution is 6.06. The molecule has 6 nitrogen and oxygen atoms in total. The Morgan fingerprint density at radius 2 is 2.38 bits per heavy atom. The fraction of sp³-hybridized carbons (Fsp3) is 0.300. The van der Waals surface area contributed by atoms with Gasteiger partial charge < -0.3 is 10.3 Å². The van der Waals surface area contributed by atoms with E-state index < -0.39 is 0 Å². The van der Waals surface area contributed by atoms with Crippen LogP contribution in [0.15, 0.2) is 24.8 Å². The molecule has 2 aromatic heterocycles. The number of aryl methyl sites for hydroxylation is 1. The van der Waals surface area contributed by atoms with Gasteiger partial charge in [0.05, 0.1) is 6.33 Å². The molecule has 0 bridgehead atoms. The van der Waals surface area contributed by atoms with E-state index in [1.165, 1.54) is 4.68 Å². The molecule has 0 spiro atoms. The van der Waals surface area contributed by atoms with Gasteiger partial charge in [0.25, 0.3) is 0 Å². The lowest BCUT2D eigenvalue weighted by atomic mass is 10.2. The number of ketones is 1. The zero-order valence-electron chi connectivity index (χ0n) is 9.00. The summed E-state index contributed by atoms with van der Waals surface area (Å²) in [5.74, 6) is -0.129. The molecule has 0 fully saturated rings. The molecule has 2 heterocycles. The fourth-order valence-electron chi connectivity index (χ4n) is 1.48. The van der Waals surface area contributed by atoms with Crippen LogP contribution >= 0.6 is 0 Å². The molecular formula is C10H13N5O. The molecule has 16 heavy (non-hydrogen) atoms. The van der Waals surface area contributed by atoms with Crippen molar-refractivity contribution in [2.24, 2.45) is 12.8 Å². The summed E-state index contributed by atoms with van der Waals surface area (Å²) in [6.07, 6.45) is 4.89. The van der Waals surface area contributed by atoms with E-state index in [4.69, 9.17) is 5.73 Å². The molecule has 0 aliphatic carbocycles. The Labute approximate surface area is 92.7 Å². The van der Waals surface area contributed by atoms with Crippen molar-refractivity contribution in [1.29, 1.82) is 0 Å². The highest BCUT2D eigenvalue weighted by atomic mass is 16.1. The summed E-state index contributed by atoms with van der Waals surface area (Å²) < 4.78 is 3.33.